The first kappa shape index (κ1) is 21.2. The van der Waals surface area contributed by atoms with E-state index < -0.39 is 0 Å². The van der Waals surface area contributed by atoms with Gasteiger partial charge in [-0.1, -0.05) is 11.6 Å². The summed E-state index contributed by atoms with van der Waals surface area (Å²) in [7, 11) is 0. The van der Waals surface area contributed by atoms with Crippen LogP contribution in [0.2, 0.25) is 5.02 Å². The number of nitrogens with zero attached hydrogens (tertiary/aromatic N) is 1. The third kappa shape index (κ3) is 5.73. The number of nitrogen functional groups attached to an aromatic ring is 1. The summed E-state index contributed by atoms with van der Waals surface area (Å²) in [6, 6.07) is 3.15. The number of carbonyl (C=O) groups excluding carboxylic acids is 1. The average Bonchev–Trinajstić information content (AvgIpc) is 2.70. The van der Waals surface area contributed by atoms with Crippen LogP contribution in [-0.2, 0) is 4.74 Å². The maximum absolute atomic E-state index is 12.7. The third-order valence-corrected chi connectivity index (χ3v) is 5.66. The van der Waals surface area contributed by atoms with Gasteiger partial charge in [-0.05, 0) is 44.8 Å². The van der Waals surface area contributed by atoms with Gasteiger partial charge in [-0.25, -0.2) is 0 Å². The second-order valence-electron chi connectivity index (χ2n) is 7.46. The first-order valence-electron chi connectivity index (χ1n) is 10.1. The van der Waals surface area contributed by atoms with Gasteiger partial charge in [-0.3, -0.25) is 9.69 Å². The Morgan fingerprint density at radius 3 is 2.96 bits per heavy atom. The minimum Gasteiger partial charge on any atom is -0.493 e. The highest BCUT2D eigenvalue weighted by Crippen LogP contribution is 2.29. The standard InChI is InChI=1S/C20H31ClN4O3/c1-2-27-19-10-18(22)17(21)9-16(19)20(26)24-11-15-13-25(7-8-28-15)12-14-3-5-23-6-4-14/h9-10,14-15,23H,2-8,11-13,22H2,1H3,(H,24,26). The summed E-state index contributed by atoms with van der Waals surface area (Å²) >= 11 is 6.09. The lowest BCUT2D eigenvalue weighted by molar-refractivity contribution is -0.0320. The molecule has 2 aliphatic heterocycles. The third-order valence-electron chi connectivity index (χ3n) is 5.33. The van der Waals surface area contributed by atoms with Crippen molar-refractivity contribution in [2.45, 2.75) is 25.9 Å². The highest BCUT2D eigenvalue weighted by atomic mass is 35.5. The van der Waals surface area contributed by atoms with E-state index in [0.717, 1.165) is 38.6 Å². The first-order chi connectivity index (χ1) is 13.6. The minimum atomic E-state index is -0.232. The van der Waals surface area contributed by atoms with Crippen LogP contribution in [0.1, 0.15) is 30.1 Å². The van der Waals surface area contributed by atoms with E-state index in [-0.39, 0.29) is 12.0 Å². The number of rotatable bonds is 7. The molecule has 0 aromatic heterocycles. The number of hydrogen-bond donors (Lipinski definition) is 3. The van der Waals surface area contributed by atoms with Crippen molar-refractivity contribution in [3.05, 3.63) is 22.7 Å². The van der Waals surface area contributed by atoms with E-state index in [0.29, 0.717) is 41.8 Å². The molecule has 1 amide bonds. The molecule has 2 heterocycles. The maximum Gasteiger partial charge on any atom is 0.255 e. The number of halogens is 1. The molecule has 8 heteroatoms. The van der Waals surface area contributed by atoms with E-state index in [1.807, 2.05) is 6.92 Å². The SMILES string of the molecule is CCOc1cc(N)c(Cl)cc1C(=O)NCC1CN(CC2CCNCC2)CCO1. The number of anilines is 1. The van der Waals surface area contributed by atoms with Crippen LogP contribution in [-0.4, -0.2) is 69.4 Å². The molecular weight excluding hydrogens is 380 g/mol. The van der Waals surface area contributed by atoms with Gasteiger partial charge in [0.15, 0.2) is 0 Å². The van der Waals surface area contributed by atoms with Crippen LogP contribution in [0.15, 0.2) is 12.1 Å². The number of nitrogens with two attached hydrogens (primary N) is 1. The molecule has 7 nitrogen and oxygen atoms in total. The molecule has 28 heavy (non-hydrogen) atoms. The number of nitrogens with one attached hydrogen (secondary N) is 2. The number of morpholine rings is 1. The molecule has 0 bridgehead atoms. The largest absolute Gasteiger partial charge is 0.493 e. The Balaban J connectivity index is 1.53. The van der Waals surface area contributed by atoms with Gasteiger partial charge in [-0.2, -0.15) is 0 Å². The normalized spacial score (nSPS) is 21.4. The van der Waals surface area contributed by atoms with Crippen molar-refractivity contribution in [1.29, 1.82) is 0 Å². The lowest BCUT2D eigenvalue weighted by atomic mass is 9.97. The smallest absolute Gasteiger partial charge is 0.255 e. The molecule has 0 spiro atoms. The van der Waals surface area contributed by atoms with E-state index in [2.05, 4.69) is 15.5 Å². The highest BCUT2D eigenvalue weighted by Gasteiger charge is 2.25. The Morgan fingerprint density at radius 2 is 2.21 bits per heavy atom. The summed E-state index contributed by atoms with van der Waals surface area (Å²) in [6.45, 7) is 8.58. The number of benzene rings is 1. The van der Waals surface area contributed by atoms with Crippen LogP contribution in [0.25, 0.3) is 0 Å². The molecule has 1 unspecified atom stereocenters. The van der Waals surface area contributed by atoms with Crippen LogP contribution in [0.3, 0.4) is 0 Å². The van der Waals surface area contributed by atoms with Gasteiger partial charge in [0, 0.05) is 32.2 Å². The van der Waals surface area contributed by atoms with E-state index in [4.69, 9.17) is 26.8 Å². The number of hydrogen-bond acceptors (Lipinski definition) is 6. The number of amides is 1. The van der Waals surface area contributed by atoms with Gasteiger partial charge in [0.2, 0.25) is 0 Å². The Labute approximate surface area is 171 Å². The van der Waals surface area contributed by atoms with E-state index >= 15 is 0 Å². The molecule has 2 fully saturated rings. The van der Waals surface area contributed by atoms with E-state index in [1.165, 1.54) is 12.8 Å². The highest BCUT2D eigenvalue weighted by molar-refractivity contribution is 6.33. The zero-order chi connectivity index (χ0) is 19.9. The minimum absolute atomic E-state index is 0.0146. The van der Waals surface area contributed by atoms with Gasteiger partial charge in [0.25, 0.3) is 5.91 Å². The van der Waals surface area contributed by atoms with Crippen molar-refractivity contribution < 1.29 is 14.3 Å². The monoisotopic (exact) mass is 410 g/mol. The number of piperidine rings is 1. The predicted molar refractivity (Wildman–Crippen MR) is 111 cm³/mol. The van der Waals surface area contributed by atoms with Crippen molar-refractivity contribution in [3.8, 4) is 5.75 Å². The Bertz CT molecular complexity index is 667. The average molecular weight is 411 g/mol. The van der Waals surface area contributed by atoms with Crippen molar-refractivity contribution in [3.63, 3.8) is 0 Å². The van der Waals surface area contributed by atoms with Gasteiger partial charge in [-0.15, -0.1) is 0 Å². The Morgan fingerprint density at radius 1 is 1.43 bits per heavy atom. The second-order valence-corrected chi connectivity index (χ2v) is 7.87. The van der Waals surface area contributed by atoms with E-state index in [1.54, 1.807) is 12.1 Å². The Hall–Kier alpha value is -1.54. The van der Waals surface area contributed by atoms with Crippen molar-refractivity contribution in [1.82, 2.24) is 15.5 Å². The summed E-state index contributed by atoms with van der Waals surface area (Å²) in [6.07, 6.45) is 2.45. The fraction of sp³-hybridized carbons (Fsp3) is 0.650. The summed E-state index contributed by atoms with van der Waals surface area (Å²) in [5, 5.41) is 6.71. The molecule has 0 aliphatic carbocycles. The summed E-state index contributed by atoms with van der Waals surface area (Å²) in [5.74, 6) is 0.962. The molecule has 1 aromatic rings. The number of carbonyl (C=O) groups is 1. The molecule has 3 rings (SSSR count). The number of ether oxygens (including phenoxy) is 2. The molecule has 0 saturated carbocycles. The predicted octanol–water partition coefficient (Wildman–Crippen LogP) is 1.75. The lowest BCUT2D eigenvalue weighted by Crippen LogP contribution is -2.49. The molecule has 4 N–H and O–H groups in total. The molecule has 0 radical (unpaired) electrons. The molecule has 1 aromatic carbocycles. The zero-order valence-corrected chi connectivity index (χ0v) is 17.3. The van der Waals surface area contributed by atoms with Gasteiger partial charge in [0.1, 0.15) is 5.75 Å². The van der Waals surface area contributed by atoms with Crippen molar-refractivity contribution in [2.24, 2.45) is 5.92 Å². The van der Waals surface area contributed by atoms with Crippen LogP contribution < -0.4 is 21.1 Å². The fourth-order valence-electron chi connectivity index (χ4n) is 3.82. The molecule has 2 aliphatic rings. The second kappa shape index (κ2) is 10.3. The molecule has 156 valence electrons. The lowest BCUT2D eigenvalue weighted by Gasteiger charge is -2.36. The quantitative estimate of drug-likeness (QED) is 0.593. The van der Waals surface area contributed by atoms with Crippen molar-refractivity contribution >= 4 is 23.2 Å². The van der Waals surface area contributed by atoms with E-state index in [9.17, 15) is 4.79 Å². The molecule has 1 atom stereocenters. The van der Waals surface area contributed by atoms with Crippen LogP contribution in [0.4, 0.5) is 5.69 Å². The fourth-order valence-corrected chi connectivity index (χ4v) is 3.99. The van der Waals surface area contributed by atoms with Crippen LogP contribution in [0, 0.1) is 5.92 Å². The summed E-state index contributed by atoms with van der Waals surface area (Å²) in [5.41, 5.74) is 6.62. The summed E-state index contributed by atoms with van der Waals surface area (Å²) in [4.78, 5) is 15.1. The topological polar surface area (TPSA) is 88.8 Å². The van der Waals surface area contributed by atoms with Crippen LogP contribution in [0.5, 0.6) is 5.75 Å². The maximum atomic E-state index is 12.7. The van der Waals surface area contributed by atoms with Crippen LogP contribution >= 0.6 is 11.6 Å². The zero-order valence-electron chi connectivity index (χ0n) is 16.5. The van der Waals surface area contributed by atoms with Gasteiger partial charge < -0.3 is 25.8 Å². The summed E-state index contributed by atoms with van der Waals surface area (Å²) < 4.78 is 11.4. The first-order valence-corrected chi connectivity index (χ1v) is 10.5. The Kier molecular flexibility index (Phi) is 7.79. The molecular formula is C20H31ClN4O3. The van der Waals surface area contributed by atoms with Gasteiger partial charge >= 0.3 is 0 Å². The molecule has 2 saturated heterocycles. The van der Waals surface area contributed by atoms with Crippen molar-refractivity contribution in [2.75, 3.05) is 58.2 Å². The van der Waals surface area contributed by atoms with Gasteiger partial charge in [0.05, 0.1) is 35.6 Å².